The summed E-state index contributed by atoms with van der Waals surface area (Å²) in [4.78, 5) is 2.55. The third-order valence-electron chi connectivity index (χ3n) is 5.40. The average Bonchev–Trinajstić information content (AvgIpc) is 2.78. The van der Waals surface area contributed by atoms with Crippen molar-refractivity contribution in [3.63, 3.8) is 0 Å². The molecule has 5 rings (SSSR count). The maximum Gasteiger partial charge on any atom is 0.262 e. The van der Waals surface area contributed by atoms with Gasteiger partial charge in [-0.2, -0.15) is 0 Å². The molecule has 3 aromatic rings. The third-order valence-corrected chi connectivity index (χ3v) is 6.84. The first kappa shape index (κ1) is 21.5. The number of rotatable bonds is 4. The second-order valence-corrected chi connectivity index (χ2v) is 8.98. The van der Waals surface area contributed by atoms with Crippen LogP contribution in [0.3, 0.4) is 0 Å². The Kier molecular flexibility index (Phi) is 6.13. The fourth-order valence-electron chi connectivity index (χ4n) is 3.99. The molecule has 0 saturated carbocycles. The number of halogens is 1. The number of anilines is 2. The summed E-state index contributed by atoms with van der Waals surface area (Å²) >= 11 is 0. The lowest BCUT2D eigenvalue weighted by Crippen LogP contribution is -2.43. The van der Waals surface area contributed by atoms with E-state index in [1.54, 1.807) is 24.3 Å². The predicted molar refractivity (Wildman–Crippen MR) is 125 cm³/mol. The minimum atomic E-state index is -3.79. The van der Waals surface area contributed by atoms with Crippen molar-refractivity contribution in [2.45, 2.75) is 4.90 Å². The van der Waals surface area contributed by atoms with Crippen LogP contribution in [0.5, 0.6) is 11.5 Å². The molecule has 1 saturated heterocycles. The van der Waals surface area contributed by atoms with Crippen molar-refractivity contribution >= 4 is 44.6 Å². The Morgan fingerprint density at radius 3 is 2.35 bits per heavy atom. The van der Waals surface area contributed by atoms with Crippen LogP contribution in [0.2, 0.25) is 0 Å². The van der Waals surface area contributed by atoms with E-state index in [9.17, 15) is 8.42 Å². The first-order valence-electron chi connectivity index (χ1n) is 10.0. The largest absolute Gasteiger partial charge is 0.486 e. The molecule has 2 heterocycles. The van der Waals surface area contributed by atoms with Gasteiger partial charge in [0.05, 0.1) is 10.6 Å². The zero-order chi connectivity index (χ0) is 20.6. The molecule has 0 radical (unpaired) electrons. The Balaban J connectivity index is 0.00000231. The lowest BCUT2D eigenvalue weighted by Gasteiger charge is -2.30. The first-order valence-corrected chi connectivity index (χ1v) is 11.5. The van der Waals surface area contributed by atoms with E-state index < -0.39 is 10.0 Å². The summed E-state index contributed by atoms with van der Waals surface area (Å²) in [5.74, 6) is 1.16. The molecule has 31 heavy (non-hydrogen) atoms. The summed E-state index contributed by atoms with van der Waals surface area (Å²) in [7, 11) is -3.79. The fraction of sp³-hybridized carbons (Fsp3) is 0.273. The molecule has 9 heteroatoms. The average molecular weight is 462 g/mol. The summed E-state index contributed by atoms with van der Waals surface area (Å²) in [6, 6.07) is 16.3. The molecule has 0 atom stereocenters. The van der Waals surface area contributed by atoms with E-state index >= 15 is 0 Å². The lowest BCUT2D eigenvalue weighted by atomic mass is 10.1. The second kappa shape index (κ2) is 8.82. The van der Waals surface area contributed by atoms with Crippen LogP contribution in [0.15, 0.2) is 59.5 Å². The molecule has 2 aliphatic rings. The third kappa shape index (κ3) is 4.23. The highest BCUT2D eigenvalue weighted by Gasteiger charge is 2.22. The Labute approximate surface area is 187 Å². The van der Waals surface area contributed by atoms with Gasteiger partial charge >= 0.3 is 0 Å². The summed E-state index contributed by atoms with van der Waals surface area (Å²) in [6.07, 6.45) is 0. The summed E-state index contributed by atoms with van der Waals surface area (Å²) < 4.78 is 40.3. The van der Waals surface area contributed by atoms with Crippen LogP contribution in [0.4, 0.5) is 11.4 Å². The van der Waals surface area contributed by atoms with Crippen LogP contribution in [0.25, 0.3) is 10.8 Å². The molecule has 2 aliphatic heterocycles. The molecule has 0 aromatic heterocycles. The molecule has 0 spiro atoms. The van der Waals surface area contributed by atoms with Crippen LogP contribution >= 0.6 is 12.4 Å². The smallest absolute Gasteiger partial charge is 0.262 e. The molecule has 2 N–H and O–H groups in total. The standard InChI is InChI=1S/C22H23N3O4S.ClH/c26-30(27,24-16-5-7-20-21(15-16)29-14-13-28-20)22-8-6-19(25-11-9-23-10-12-25)17-3-1-2-4-18(17)22;/h1-8,15,23-24H,9-14H2;1H. The van der Waals surface area contributed by atoms with Crippen molar-refractivity contribution in [1.29, 1.82) is 0 Å². The Bertz CT molecular complexity index is 1200. The Morgan fingerprint density at radius 1 is 0.871 bits per heavy atom. The number of nitrogens with zero attached hydrogens (tertiary/aromatic N) is 1. The quantitative estimate of drug-likeness (QED) is 0.621. The van der Waals surface area contributed by atoms with Crippen LogP contribution < -0.4 is 24.4 Å². The normalized spacial score (nSPS) is 15.9. The molecule has 1 fully saturated rings. The zero-order valence-corrected chi connectivity index (χ0v) is 18.5. The summed E-state index contributed by atoms with van der Waals surface area (Å²) in [6.45, 7) is 4.56. The van der Waals surface area contributed by atoms with E-state index in [0.29, 0.717) is 35.8 Å². The number of hydrogen-bond acceptors (Lipinski definition) is 6. The van der Waals surface area contributed by atoms with E-state index in [0.717, 1.165) is 37.3 Å². The molecule has 3 aromatic carbocycles. The molecule has 164 valence electrons. The number of benzene rings is 3. The van der Waals surface area contributed by atoms with E-state index in [1.165, 1.54) is 0 Å². The van der Waals surface area contributed by atoms with Gasteiger partial charge in [0.15, 0.2) is 11.5 Å². The van der Waals surface area contributed by atoms with Gasteiger partial charge in [-0.05, 0) is 24.3 Å². The summed E-state index contributed by atoms with van der Waals surface area (Å²) in [5.41, 5.74) is 1.50. The SMILES string of the molecule is Cl.O=S(=O)(Nc1ccc2c(c1)OCCO2)c1ccc(N2CCNCC2)c2ccccc12. The van der Waals surface area contributed by atoms with Crippen molar-refractivity contribution in [3.05, 3.63) is 54.6 Å². The van der Waals surface area contributed by atoms with Gasteiger partial charge in [0.1, 0.15) is 13.2 Å². The summed E-state index contributed by atoms with van der Waals surface area (Å²) in [5, 5.41) is 4.99. The highest BCUT2D eigenvalue weighted by atomic mass is 35.5. The van der Waals surface area contributed by atoms with Gasteiger partial charge < -0.3 is 19.7 Å². The molecule has 0 amide bonds. The van der Waals surface area contributed by atoms with Crippen LogP contribution in [-0.2, 0) is 10.0 Å². The van der Waals surface area contributed by atoms with E-state index in [1.807, 2.05) is 30.3 Å². The van der Waals surface area contributed by atoms with Crippen molar-refractivity contribution in [2.75, 3.05) is 49.0 Å². The van der Waals surface area contributed by atoms with Crippen molar-refractivity contribution in [1.82, 2.24) is 5.32 Å². The highest BCUT2D eigenvalue weighted by molar-refractivity contribution is 7.93. The number of ether oxygens (including phenoxy) is 2. The monoisotopic (exact) mass is 461 g/mol. The van der Waals surface area contributed by atoms with Gasteiger partial charge in [-0.1, -0.05) is 24.3 Å². The minimum absolute atomic E-state index is 0. The Morgan fingerprint density at radius 2 is 1.58 bits per heavy atom. The highest BCUT2D eigenvalue weighted by Crippen LogP contribution is 2.35. The molecule has 0 unspecified atom stereocenters. The van der Waals surface area contributed by atoms with Crippen molar-refractivity contribution in [2.24, 2.45) is 0 Å². The number of piperazine rings is 1. The van der Waals surface area contributed by atoms with Crippen LogP contribution in [0.1, 0.15) is 0 Å². The number of fused-ring (bicyclic) bond motifs is 2. The van der Waals surface area contributed by atoms with Gasteiger partial charge in [0.2, 0.25) is 0 Å². The molecular weight excluding hydrogens is 438 g/mol. The maximum atomic E-state index is 13.3. The lowest BCUT2D eigenvalue weighted by molar-refractivity contribution is 0.171. The van der Waals surface area contributed by atoms with Gasteiger partial charge in [0, 0.05) is 48.7 Å². The number of hydrogen-bond donors (Lipinski definition) is 2. The van der Waals surface area contributed by atoms with Crippen molar-refractivity contribution in [3.8, 4) is 11.5 Å². The predicted octanol–water partition coefficient (Wildman–Crippen LogP) is 3.24. The van der Waals surface area contributed by atoms with Gasteiger partial charge in [0.25, 0.3) is 10.0 Å². The number of nitrogens with one attached hydrogen (secondary N) is 2. The molecule has 0 bridgehead atoms. The number of sulfonamides is 1. The fourth-order valence-corrected chi connectivity index (χ4v) is 5.25. The second-order valence-electron chi connectivity index (χ2n) is 7.33. The topological polar surface area (TPSA) is 79.9 Å². The van der Waals surface area contributed by atoms with Gasteiger partial charge in [-0.15, -0.1) is 12.4 Å². The zero-order valence-electron chi connectivity index (χ0n) is 16.8. The minimum Gasteiger partial charge on any atom is -0.486 e. The Hall–Kier alpha value is -2.68. The van der Waals surface area contributed by atoms with Crippen LogP contribution in [-0.4, -0.2) is 47.8 Å². The molecular formula is C22H24ClN3O4S. The van der Waals surface area contributed by atoms with E-state index in [-0.39, 0.29) is 17.3 Å². The molecule has 0 aliphatic carbocycles. The first-order chi connectivity index (χ1) is 14.6. The van der Waals surface area contributed by atoms with E-state index in [4.69, 9.17) is 9.47 Å². The van der Waals surface area contributed by atoms with Gasteiger partial charge in [-0.25, -0.2) is 8.42 Å². The van der Waals surface area contributed by atoms with E-state index in [2.05, 4.69) is 14.9 Å². The maximum absolute atomic E-state index is 13.3. The van der Waals surface area contributed by atoms with Crippen molar-refractivity contribution < 1.29 is 17.9 Å². The molecule has 7 nitrogen and oxygen atoms in total. The van der Waals surface area contributed by atoms with Gasteiger partial charge in [-0.3, -0.25) is 4.72 Å². The van der Waals surface area contributed by atoms with Crippen LogP contribution in [0, 0.1) is 0 Å².